The SMILES string of the molecule is COc1ccc(NS(=O)(=O)c2ccccc2)c(OCc2ccc(C(=O)O)cc2)c1. The second-order valence-corrected chi connectivity index (χ2v) is 7.75. The molecule has 0 saturated carbocycles. The van der Waals surface area contributed by atoms with Crippen LogP contribution in [0.2, 0.25) is 0 Å². The monoisotopic (exact) mass is 413 g/mol. The first-order valence-corrected chi connectivity index (χ1v) is 10.1. The van der Waals surface area contributed by atoms with E-state index in [1.54, 1.807) is 48.5 Å². The van der Waals surface area contributed by atoms with Crippen molar-refractivity contribution in [3.8, 4) is 11.5 Å². The number of anilines is 1. The maximum atomic E-state index is 12.6. The lowest BCUT2D eigenvalue weighted by Crippen LogP contribution is -2.14. The molecule has 3 aromatic carbocycles. The molecule has 2 N–H and O–H groups in total. The summed E-state index contributed by atoms with van der Waals surface area (Å²) in [5.74, 6) is -0.224. The number of aromatic carboxylic acids is 1. The molecular weight excluding hydrogens is 394 g/mol. The normalized spacial score (nSPS) is 10.9. The van der Waals surface area contributed by atoms with Gasteiger partial charge in [-0.3, -0.25) is 4.72 Å². The minimum Gasteiger partial charge on any atom is -0.497 e. The number of hydrogen-bond donors (Lipinski definition) is 2. The molecule has 0 heterocycles. The van der Waals surface area contributed by atoms with E-state index in [1.165, 1.54) is 31.4 Å². The largest absolute Gasteiger partial charge is 0.497 e. The highest BCUT2D eigenvalue weighted by atomic mass is 32.2. The Kier molecular flexibility index (Phi) is 6.04. The van der Waals surface area contributed by atoms with Crippen LogP contribution < -0.4 is 14.2 Å². The van der Waals surface area contributed by atoms with E-state index in [0.717, 1.165) is 5.56 Å². The second-order valence-electron chi connectivity index (χ2n) is 6.07. The van der Waals surface area contributed by atoms with Crippen molar-refractivity contribution in [2.75, 3.05) is 11.8 Å². The first kappa shape index (κ1) is 20.2. The van der Waals surface area contributed by atoms with Crippen LogP contribution in [0.25, 0.3) is 0 Å². The van der Waals surface area contributed by atoms with Crippen molar-refractivity contribution >= 4 is 21.7 Å². The number of hydrogen-bond acceptors (Lipinski definition) is 5. The van der Waals surface area contributed by atoms with E-state index in [4.69, 9.17) is 14.6 Å². The maximum Gasteiger partial charge on any atom is 0.335 e. The van der Waals surface area contributed by atoms with Crippen LogP contribution in [-0.2, 0) is 16.6 Å². The molecule has 29 heavy (non-hydrogen) atoms. The third-order valence-electron chi connectivity index (χ3n) is 4.08. The van der Waals surface area contributed by atoms with Crippen LogP contribution >= 0.6 is 0 Å². The van der Waals surface area contributed by atoms with Crippen LogP contribution in [0.4, 0.5) is 5.69 Å². The number of ether oxygens (including phenoxy) is 2. The lowest BCUT2D eigenvalue weighted by atomic mass is 10.1. The summed E-state index contributed by atoms with van der Waals surface area (Å²) in [4.78, 5) is 11.1. The highest BCUT2D eigenvalue weighted by Crippen LogP contribution is 2.32. The van der Waals surface area contributed by atoms with Crippen LogP contribution in [0.5, 0.6) is 11.5 Å². The van der Waals surface area contributed by atoms with Gasteiger partial charge in [0.2, 0.25) is 0 Å². The molecule has 0 radical (unpaired) electrons. The molecule has 0 aromatic heterocycles. The van der Waals surface area contributed by atoms with Crippen molar-refractivity contribution in [2.24, 2.45) is 0 Å². The van der Waals surface area contributed by atoms with Crippen LogP contribution in [0, 0.1) is 0 Å². The number of rotatable bonds is 8. The molecule has 3 aromatic rings. The third-order valence-corrected chi connectivity index (χ3v) is 5.46. The highest BCUT2D eigenvalue weighted by Gasteiger charge is 2.17. The molecular formula is C21H19NO6S. The topological polar surface area (TPSA) is 102 Å². The minimum absolute atomic E-state index is 0.118. The van der Waals surface area contributed by atoms with Crippen molar-refractivity contribution in [3.63, 3.8) is 0 Å². The van der Waals surface area contributed by atoms with Gasteiger partial charge < -0.3 is 14.6 Å². The van der Waals surface area contributed by atoms with Crippen LogP contribution in [0.15, 0.2) is 77.7 Å². The van der Waals surface area contributed by atoms with Crippen LogP contribution in [0.1, 0.15) is 15.9 Å². The van der Waals surface area contributed by atoms with E-state index in [9.17, 15) is 13.2 Å². The molecule has 0 aliphatic rings. The molecule has 150 valence electrons. The molecule has 0 saturated heterocycles. The number of nitrogens with one attached hydrogen (secondary N) is 1. The summed E-state index contributed by atoms with van der Waals surface area (Å²) in [6, 6.07) is 19.0. The van der Waals surface area contributed by atoms with Gasteiger partial charge in [-0.05, 0) is 42.0 Å². The Balaban J connectivity index is 1.83. The smallest absolute Gasteiger partial charge is 0.335 e. The number of carboxylic acid groups (broad SMARTS) is 1. The highest BCUT2D eigenvalue weighted by molar-refractivity contribution is 7.92. The number of sulfonamides is 1. The zero-order chi connectivity index (χ0) is 20.9. The molecule has 0 fully saturated rings. The number of carboxylic acids is 1. The zero-order valence-electron chi connectivity index (χ0n) is 15.5. The van der Waals surface area contributed by atoms with Crippen molar-refractivity contribution < 1.29 is 27.8 Å². The molecule has 7 nitrogen and oxygen atoms in total. The van der Waals surface area contributed by atoms with Crippen molar-refractivity contribution in [3.05, 3.63) is 83.9 Å². The van der Waals surface area contributed by atoms with E-state index < -0.39 is 16.0 Å². The lowest BCUT2D eigenvalue weighted by molar-refractivity contribution is 0.0697. The number of methoxy groups -OCH3 is 1. The van der Waals surface area contributed by atoms with Gasteiger partial charge >= 0.3 is 5.97 Å². The van der Waals surface area contributed by atoms with E-state index in [2.05, 4.69) is 4.72 Å². The van der Waals surface area contributed by atoms with Gasteiger partial charge in [0.05, 0.1) is 23.3 Å². The molecule has 0 bridgehead atoms. The van der Waals surface area contributed by atoms with Crippen molar-refractivity contribution in [1.82, 2.24) is 0 Å². The summed E-state index contributed by atoms with van der Waals surface area (Å²) in [7, 11) is -2.29. The summed E-state index contributed by atoms with van der Waals surface area (Å²) < 4.78 is 38.8. The molecule has 0 atom stereocenters. The number of benzene rings is 3. The Labute approximate surface area is 168 Å². The fourth-order valence-electron chi connectivity index (χ4n) is 2.54. The van der Waals surface area contributed by atoms with E-state index in [-0.39, 0.29) is 28.5 Å². The Morgan fingerprint density at radius 1 is 1.00 bits per heavy atom. The Hall–Kier alpha value is -3.52. The van der Waals surface area contributed by atoms with Gasteiger partial charge in [0.1, 0.15) is 18.1 Å². The van der Waals surface area contributed by atoms with E-state index >= 15 is 0 Å². The maximum absolute atomic E-state index is 12.6. The molecule has 8 heteroatoms. The van der Waals surface area contributed by atoms with Crippen LogP contribution in [0.3, 0.4) is 0 Å². The Morgan fingerprint density at radius 2 is 1.69 bits per heavy atom. The van der Waals surface area contributed by atoms with E-state index in [0.29, 0.717) is 5.75 Å². The van der Waals surface area contributed by atoms with Gasteiger partial charge in [0, 0.05) is 6.07 Å². The fraction of sp³-hybridized carbons (Fsp3) is 0.0952. The first-order chi connectivity index (χ1) is 13.9. The van der Waals surface area contributed by atoms with Gasteiger partial charge in [-0.25, -0.2) is 13.2 Å². The summed E-state index contributed by atoms with van der Waals surface area (Å²) in [5.41, 5.74) is 1.16. The first-order valence-electron chi connectivity index (χ1n) is 8.60. The zero-order valence-corrected chi connectivity index (χ0v) is 16.3. The molecule has 0 aliphatic carbocycles. The predicted molar refractivity (Wildman–Crippen MR) is 108 cm³/mol. The molecule has 3 rings (SSSR count). The van der Waals surface area contributed by atoms with Gasteiger partial charge in [0.15, 0.2) is 0 Å². The molecule has 0 aliphatic heterocycles. The van der Waals surface area contributed by atoms with Crippen molar-refractivity contribution in [2.45, 2.75) is 11.5 Å². The molecule has 0 amide bonds. The van der Waals surface area contributed by atoms with Crippen molar-refractivity contribution in [1.29, 1.82) is 0 Å². The Bertz CT molecular complexity index is 1100. The van der Waals surface area contributed by atoms with Gasteiger partial charge in [-0.15, -0.1) is 0 Å². The number of carbonyl (C=O) groups is 1. The predicted octanol–water partition coefficient (Wildman–Crippen LogP) is 3.77. The molecule has 0 spiro atoms. The summed E-state index contributed by atoms with van der Waals surface area (Å²) in [5, 5.41) is 8.97. The summed E-state index contributed by atoms with van der Waals surface area (Å²) >= 11 is 0. The average molecular weight is 413 g/mol. The average Bonchev–Trinajstić information content (AvgIpc) is 2.73. The fourth-order valence-corrected chi connectivity index (χ4v) is 3.63. The minimum atomic E-state index is -3.79. The Morgan fingerprint density at radius 3 is 2.31 bits per heavy atom. The van der Waals surface area contributed by atoms with Gasteiger partial charge in [-0.1, -0.05) is 30.3 Å². The second kappa shape index (κ2) is 8.66. The van der Waals surface area contributed by atoms with Gasteiger partial charge in [-0.2, -0.15) is 0 Å². The van der Waals surface area contributed by atoms with Crippen LogP contribution in [-0.4, -0.2) is 26.6 Å². The van der Waals surface area contributed by atoms with E-state index in [1.807, 2.05) is 0 Å². The third kappa shape index (κ3) is 5.05. The molecule has 0 unspecified atom stereocenters. The summed E-state index contributed by atoms with van der Waals surface area (Å²) in [6.45, 7) is 0.118. The quantitative estimate of drug-likeness (QED) is 0.583. The summed E-state index contributed by atoms with van der Waals surface area (Å²) in [6.07, 6.45) is 0. The lowest BCUT2D eigenvalue weighted by Gasteiger charge is -2.15. The van der Waals surface area contributed by atoms with Gasteiger partial charge in [0.25, 0.3) is 10.0 Å². The standard InChI is InChI=1S/C21H19NO6S/c1-27-17-11-12-19(22-29(25,26)18-5-3-2-4-6-18)20(13-17)28-14-15-7-9-16(10-8-15)21(23)24/h2-13,22H,14H2,1H3,(H,23,24).